The molecule has 1 heterocycles. The molecule has 0 amide bonds. The van der Waals surface area contributed by atoms with Crippen LogP contribution in [-0.4, -0.2) is 29.9 Å². The van der Waals surface area contributed by atoms with Crippen molar-refractivity contribution >= 4 is 17.3 Å². The predicted molar refractivity (Wildman–Crippen MR) is 102 cm³/mol. The number of nitrogens with zero attached hydrogens (tertiary/aromatic N) is 4. The van der Waals surface area contributed by atoms with E-state index in [0.29, 0.717) is 34.1 Å². The minimum absolute atomic E-state index is 0.232. The Hall–Kier alpha value is -3.48. The molecule has 0 saturated heterocycles. The Morgan fingerprint density at radius 3 is 2.00 bits per heavy atom. The number of aryl methyl sites for hydroxylation is 1. The van der Waals surface area contributed by atoms with Crippen LogP contribution < -0.4 is 9.47 Å². The predicted octanol–water partition coefficient (Wildman–Crippen LogP) is 4.62. The highest BCUT2D eigenvalue weighted by molar-refractivity contribution is 5.96. The van der Waals surface area contributed by atoms with Gasteiger partial charge in [-0.05, 0) is 62.4 Å². The van der Waals surface area contributed by atoms with Crippen LogP contribution in [0.3, 0.4) is 0 Å². The molecular weight excluding hydrogens is 344 g/mol. The van der Waals surface area contributed by atoms with E-state index in [2.05, 4.69) is 15.3 Å². The van der Waals surface area contributed by atoms with Crippen molar-refractivity contribution in [3.63, 3.8) is 0 Å². The molecule has 7 heteroatoms. The molecule has 0 N–H and O–H groups in total. The van der Waals surface area contributed by atoms with Gasteiger partial charge in [0.2, 0.25) is 0 Å². The second-order valence-corrected chi connectivity index (χ2v) is 5.86. The van der Waals surface area contributed by atoms with E-state index < -0.39 is 0 Å². The first-order valence-corrected chi connectivity index (χ1v) is 8.34. The van der Waals surface area contributed by atoms with Gasteiger partial charge in [-0.2, -0.15) is 14.9 Å². The van der Waals surface area contributed by atoms with Crippen LogP contribution in [0.25, 0.3) is 0 Å². The number of benzene rings is 2. The molecule has 0 aliphatic carbocycles. The van der Waals surface area contributed by atoms with Gasteiger partial charge in [0.1, 0.15) is 17.2 Å². The molecule has 3 rings (SSSR count). The van der Waals surface area contributed by atoms with Gasteiger partial charge in [0.05, 0.1) is 31.3 Å². The molecule has 0 spiro atoms. The largest absolute Gasteiger partial charge is 0.497 e. The normalized spacial score (nSPS) is 11.0. The first-order valence-electron chi connectivity index (χ1n) is 8.34. The van der Waals surface area contributed by atoms with Crippen molar-refractivity contribution in [2.24, 2.45) is 10.2 Å². The summed E-state index contributed by atoms with van der Waals surface area (Å²) in [4.78, 5) is 12.8. The topological polar surface area (TPSA) is 78.1 Å². The van der Waals surface area contributed by atoms with Gasteiger partial charge in [-0.25, -0.2) is 0 Å². The number of rotatable bonds is 5. The van der Waals surface area contributed by atoms with E-state index >= 15 is 0 Å². The molecule has 0 bridgehead atoms. The summed E-state index contributed by atoms with van der Waals surface area (Å²) in [5, 5.41) is 12.8. The Balaban J connectivity index is 1.86. The van der Waals surface area contributed by atoms with Gasteiger partial charge in [-0.15, -0.1) is 5.11 Å². The Kier molecular flexibility index (Phi) is 5.30. The van der Waals surface area contributed by atoms with Gasteiger partial charge in [-0.3, -0.25) is 4.79 Å². The fraction of sp³-hybridized carbons (Fsp3) is 0.200. The van der Waals surface area contributed by atoms with Gasteiger partial charge in [0.15, 0.2) is 0 Å². The molecule has 0 unspecified atom stereocenters. The zero-order valence-electron chi connectivity index (χ0n) is 15.6. The summed E-state index contributed by atoms with van der Waals surface area (Å²) in [6.45, 7) is 3.59. The summed E-state index contributed by atoms with van der Waals surface area (Å²) < 4.78 is 11.6. The molecular formula is C20H20N4O3. The lowest BCUT2D eigenvalue weighted by Gasteiger charge is -2.04. The first-order chi connectivity index (χ1) is 13.0. The Morgan fingerprint density at radius 1 is 0.889 bits per heavy atom. The second kappa shape index (κ2) is 7.82. The number of carbonyl (C=O) groups is 1. The molecule has 1 aromatic heterocycles. The third kappa shape index (κ3) is 3.87. The SMILES string of the molecule is COc1ccc(N=Nc2c(C)nn(C(=O)c3ccc(OC)cc3)c2C)cc1. The lowest BCUT2D eigenvalue weighted by Crippen LogP contribution is -2.15. The van der Waals surface area contributed by atoms with Gasteiger partial charge in [0.25, 0.3) is 5.91 Å². The smallest absolute Gasteiger partial charge is 0.278 e. The van der Waals surface area contributed by atoms with E-state index in [1.165, 1.54) is 4.68 Å². The molecule has 0 saturated carbocycles. The molecule has 0 aliphatic heterocycles. The van der Waals surface area contributed by atoms with E-state index in [4.69, 9.17) is 9.47 Å². The number of methoxy groups -OCH3 is 2. The van der Waals surface area contributed by atoms with Gasteiger partial charge in [0, 0.05) is 5.56 Å². The van der Waals surface area contributed by atoms with Crippen molar-refractivity contribution in [1.29, 1.82) is 0 Å². The molecule has 2 aromatic carbocycles. The van der Waals surface area contributed by atoms with Crippen LogP contribution in [0.4, 0.5) is 11.4 Å². The van der Waals surface area contributed by atoms with Crippen molar-refractivity contribution in [3.8, 4) is 11.5 Å². The van der Waals surface area contributed by atoms with Crippen LogP contribution in [0.15, 0.2) is 58.8 Å². The number of carbonyl (C=O) groups excluding carboxylic acids is 1. The van der Waals surface area contributed by atoms with E-state index in [-0.39, 0.29) is 5.91 Å². The molecule has 0 aliphatic rings. The standard InChI is InChI=1S/C20H20N4O3/c1-13-19(22-21-16-7-11-18(27-4)12-8-16)14(2)24(23-13)20(25)15-5-9-17(26-3)10-6-15/h5-12H,1-4H3. The number of hydrogen-bond donors (Lipinski definition) is 0. The van der Waals surface area contributed by atoms with E-state index in [1.807, 2.05) is 12.1 Å². The summed E-state index contributed by atoms with van der Waals surface area (Å²) in [6.07, 6.45) is 0. The maximum absolute atomic E-state index is 12.8. The van der Waals surface area contributed by atoms with Crippen molar-refractivity contribution in [2.45, 2.75) is 13.8 Å². The number of aromatic nitrogens is 2. The van der Waals surface area contributed by atoms with Crippen molar-refractivity contribution in [3.05, 3.63) is 65.5 Å². The van der Waals surface area contributed by atoms with Crippen LogP contribution in [0.5, 0.6) is 11.5 Å². The number of azo groups is 1. The highest BCUT2D eigenvalue weighted by atomic mass is 16.5. The number of hydrogen-bond acceptors (Lipinski definition) is 6. The molecule has 27 heavy (non-hydrogen) atoms. The lowest BCUT2D eigenvalue weighted by atomic mass is 10.2. The third-order valence-corrected chi connectivity index (χ3v) is 4.12. The first kappa shape index (κ1) is 18.3. The minimum atomic E-state index is -0.232. The summed E-state index contributed by atoms with van der Waals surface area (Å²) in [6, 6.07) is 14.1. The molecule has 0 radical (unpaired) electrons. The lowest BCUT2D eigenvalue weighted by molar-refractivity contribution is 0.0942. The van der Waals surface area contributed by atoms with Crippen LogP contribution in [0, 0.1) is 13.8 Å². The Labute approximate surface area is 157 Å². The summed E-state index contributed by atoms with van der Waals surface area (Å²) >= 11 is 0. The summed E-state index contributed by atoms with van der Waals surface area (Å²) in [5.74, 6) is 1.21. The molecule has 138 valence electrons. The van der Waals surface area contributed by atoms with Crippen LogP contribution in [0.2, 0.25) is 0 Å². The molecule has 0 atom stereocenters. The fourth-order valence-electron chi connectivity index (χ4n) is 2.59. The summed E-state index contributed by atoms with van der Waals surface area (Å²) in [5.41, 5.74) is 3.04. The number of ether oxygens (including phenoxy) is 2. The van der Waals surface area contributed by atoms with E-state index in [9.17, 15) is 4.79 Å². The maximum Gasteiger partial charge on any atom is 0.278 e. The molecule has 3 aromatic rings. The van der Waals surface area contributed by atoms with E-state index in [1.54, 1.807) is 64.5 Å². The fourth-order valence-corrected chi connectivity index (χ4v) is 2.59. The van der Waals surface area contributed by atoms with Gasteiger partial charge in [-0.1, -0.05) is 0 Å². The monoisotopic (exact) mass is 364 g/mol. The van der Waals surface area contributed by atoms with Crippen molar-refractivity contribution < 1.29 is 14.3 Å². The van der Waals surface area contributed by atoms with Gasteiger partial charge < -0.3 is 9.47 Å². The molecule has 7 nitrogen and oxygen atoms in total. The highest BCUT2D eigenvalue weighted by Crippen LogP contribution is 2.27. The average Bonchev–Trinajstić information content (AvgIpc) is 3.00. The van der Waals surface area contributed by atoms with Crippen LogP contribution in [0.1, 0.15) is 21.7 Å². The Bertz CT molecular complexity index is 974. The maximum atomic E-state index is 12.8. The third-order valence-electron chi connectivity index (χ3n) is 4.12. The van der Waals surface area contributed by atoms with Gasteiger partial charge >= 0.3 is 0 Å². The zero-order chi connectivity index (χ0) is 19.4. The van der Waals surface area contributed by atoms with Crippen molar-refractivity contribution in [1.82, 2.24) is 9.78 Å². The average molecular weight is 364 g/mol. The van der Waals surface area contributed by atoms with E-state index in [0.717, 1.165) is 5.75 Å². The second-order valence-electron chi connectivity index (χ2n) is 5.86. The molecule has 0 fully saturated rings. The quantitative estimate of drug-likeness (QED) is 0.619. The van der Waals surface area contributed by atoms with Crippen molar-refractivity contribution in [2.75, 3.05) is 14.2 Å². The highest BCUT2D eigenvalue weighted by Gasteiger charge is 2.18. The zero-order valence-corrected chi connectivity index (χ0v) is 15.6. The summed E-state index contributed by atoms with van der Waals surface area (Å²) in [7, 11) is 3.19. The Morgan fingerprint density at radius 2 is 1.44 bits per heavy atom. The minimum Gasteiger partial charge on any atom is -0.497 e. The van der Waals surface area contributed by atoms with Crippen LogP contribution >= 0.6 is 0 Å². The van der Waals surface area contributed by atoms with Crippen LogP contribution in [-0.2, 0) is 0 Å².